The molecule has 1 unspecified atom stereocenters. The maximum Gasteiger partial charge on any atom is 0.410 e. The number of esters is 1. The minimum atomic E-state index is -1.12. The second-order valence-electron chi connectivity index (χ2n) is 6.23. The lowest BCUT2D eigenvalue weighted by Gasteiger charge is -2.38. The average molecular weight is 299 g/mol. The summed E-state index contributed by atoms with van der Waals surface area (Å²) in [6.45, 7) is 9.25. The number of likely N-dealkylation sites (tertiary alicyclic amines) is 1. The number of hydrogen-bond acceptors (Lipinski definition) is 5. The van der Waals surface area contributed by atoms with Crippen molar-refractivity contribution in [3.63, 3.8) is 0 Å². The highest BCUT2D eigenvalue weighted by Crippen LogP contribution is 2.34. The third-order valence-electron chi connectivity index (χ3n) is 3.60. The van der Waals surface area contributed by atoms with Crippen LogP contribution in [0, 0.1) is 5.41 Å². The van der Waals surface area contributed by atoms with E-state index in [0.717, 1.165) is 0 Å². The third-order valence-corrected chi connectivity index (χ3v) is 3.60. The molecule has 0 radical (unpaired) electrons. The Morgan fingerprint density at radius 3 is 2.33 bits per heavy atom. The fourth-order valence-electron chi connectivity index (χ4n) is 2.35. The number of piperidine rings is 1. The van der Waals surface area contributed by atoms with Gasteiger partial charge in [-0.1, -0.05) is 6.92 Å². The van der Waals surface area contributed by atoms with E-state index in [0.29, 0.717) is 13.0 Å². The first-order chi connectivity index (χ1) is 9.66. The van der Waals surface area contributed by atoms with Gasteiger partial charge in [0.15, 0.2) is 5.78 Å². The lowest BCUT2D eigenvalue weighted by atomic mass is 9.75. The molecular weight excluding hydrogens is 274 g/mol. The van der Waals surface area contributed by atoms with Crippen LogP contribution in [0.15, 0.2) is 0 Å². The zero-order valence-electron chi connectivity index (χ0n) is 13.5. The summed E-state index contributed by atoms with van der Waals surface area (Å²) in [6.07, 6.45) is 0.136. The molecule has 1 aliphatic rings. The molecule has 0 bridgehead atoms. The largest absolute Gasteiger partial charge is 0.465 e. The monoisotopic (exact) mass is 299 g/mol. The van der Waals surface area contributed by atoms with Crippen molar-refractivity contribution in [1.29, 1.82) is 0 Å². The van der Waals surface area contributed by atoms with Crippen molar-refractivity contribution < 1.29 is 23.9 Å². The third kappa shape index (κ3) is 3.95. The lowest BCUT2D eigenvalue weighted by Crippen LogP contribution is -2.54. The van der Waals surface area contributed by atoms with Crippen LogP contribution in [0.4, 0.5) is 4.79 Å². The Labute approximate surface area is 125 Å². The second kappa shape index (κ2) is 6.45. The highest BCUT2D eigenvalue weighted by atomic mass is 16.6. The quantitative estimate of drug-likeness (QED) is 0.590. The number of nitrogens with zero attached hydrogens (tertiary/aromatic N) is 1. The molecule has 0 N–H and O–H groups in total. The highest BCUT2D eigenvalue weighted by molar-refractivity contribution is 6.06. The van der Waals surface area contributed by atoms with Crippen LogP contribution < -0.4 is 0 Å². The predicted octanol–water partition coefficient (Wildman–Crippen LogP) is 2.16. The Kier molecular flexibility index (Phi) is 5.36. The van der Waals surface area contributed by atoms with Gasteiger partial charge in [-0.2, -0.15) is 0 Å². The molecule has 6 nitrogen and oxygen atoms in total. The Bertz CT molecular complexity index is 426. The normalized spacial score (nSPS) is 22.9. The van der Waals surface area contributed by atoms with Gasteiger partial charge in [-0.3, -0.25) is 9.59 Å². The van der Waals surface area contributed by atoms with E-state index >= 15 is 0 Å². The first kappa shape index (κ1) is 17.5. The van der Waals surface area contributed by atoms with Gasteiger partial charge in [0.25, 0.3) is 0 Å². The zero-order valence-corrected chi connectivity index (χ0v) is 13.5. The van der Waals surface area contributed by atoms with Gasteiger partial charge in [-0.05, 0) is 40.5 Å². The number of ketones is 1. The van der Waals surface area contributed by atoms with Gasteiger partial charge in [-0.25, -0.2) is 4.79 Å². The number of amides is 1. The van der Waals surface area contributed by atoms with Gasteiger partial charge in [0.2, 0.25) is 0 Å². The van der Waals surface area contributed by atoms with Crippen molar-refractivity contribution in [1.82, 2.24) is 4.90 Å². The van der Waals surface area contributed by atoms with Crippen molar-refractivity contribution in [2.45, 2.75) is 53.1 Å². The summed E-state index contributed by atoms with van der Waals surface area (Å²) in [7, 11) is 0. The van der Waals surface area contributed by atoms with Crippen molar-refractivity contribution in [2.24, 2.45) is 5.41 Å². The zero-order chi connectivity index (χ0) is 16.3. The molecule has 0 aliphatic carbocycles. The summed E-state index contributed by atoms with van der Waals surface area (Å²) in [5, 5.41) is 0. The average Bonchev–Trinajstić information content (AvgIpc) is 2.37. The number of rotatable bonds is 3. The van der Waals surface area contributed by atoms with Crippen LogP contribution in [0.3, 0.4) is 0 Å². The molecule has 1 heterocycles. The molecule has 1 rings (SSSR count). The van der Waals surface area contributed by atoms with E-state index in [1.54, 1.807) is 34.6 Å². The van der Waals surface area contributed by atoms with Gasteiger partial charge in [0.1, 0.15) is 11.0 Å². The van der Waals surface area contributed by atoms with Crippen LogP contribution in [0.2, 0.25) is 0 Å². The summed E-state index contributed by atoms with van der Waals surface area (Å²) in [4.78, 5) is 37.8. The maximum atomic E-state index is 12.4. The van der Waals surface area contributed by atoms with Crippen LogP contribution in [0.25, 0.3) is 0 Å². The smallest absolute Gasteiger partial charge is 0.410 e. The molecule has 1 amide bonds. The standard InChI is InChI=1S/C15H25NO5/c1-6-15(12(18)20-7-2)8-9-16(10-11(15)17)13(19)21-14(3,4)5/h6-10H2,1-5H3. The second-order valence-corrected chi connectivity index (χ2v) is 6.23. The van der Waals surface area contributed by atoms with Gasteiger partial charge in [0.05, 0.1) is 13.2 Å². The van der Waals surface area contributed by atoms with E-state index in [1.807, 2.05) is 0 Å². The van der Waals surface area contributed by atoms with Gasteiger partial charge in [0, 0.05) is 6.54 Å². The van der Waals surface area contributed by atoms with Crippen LogP contribution >= 0.6 is 0 Å². The van der Waals surface area contributed by atoms with Crippen molar-refractivity contribution in [3.05, 3.63) is 0 Å². The Hall–Kier alpha value is -1.59. The van der Waals surface area contributed by atoms with E-state index in [2.05, 4.69) is 0 Å². The summed E-state index contributed by atoms with van der Waals surface area (Å²) >= 11 is 0. The lowest BCUT2D eigenvalue weighted by molar-refractivity contribution is -0.163. The molecular formula is C15H25NO5. The Morgan fingerprint density at radius 2 is 1.90 bits per heavy atom. The first-order valence-corrected chi connectivity index (χ1v) is 7.34. The van der Waals surface area contributed by atoms with Crippen LogP contribution in [0.5, 0.6) is 0 Å². The van der Waals surface area contributed by atoms with E-state index in [9.17, 15) is 14.4 Å². The molecule has 1 aliphatic heterocycles. The van der Waals surface area contributed by atoms with Crippen molar-refractivity contribution >= 4 is 17.8 Å². The van der Waals surface area contributed by atoms with Crippen LogP contribution in [0.1, 0.15) is 47.5 Å². The van der Waals surface area contributed by atoms with Crippen LogP contribution in [-0.4, -0.2) is 48.0 Å². The fourth-order valence-corrected chi connectivity index (χ4v) is 2.35. The van der Waals surface area contributed by atoms with E-state index in [4.69, 9.17) is 9.47 Å². The number of Topliss-reactive ketones (excluding diaryl/α,β-unsaturated/α-hetero) is 1. The first-order valence-electron chi connectivity index (χ1n) is 7.34. The summed E-state index contributed by atoms with van der Waals surface area (Å²) in [5.41, 5.74) is -1.73. The summed E-state index contributed by atoms with van der Waals surface area (Å²) < 4.78 is 10.3. The molecule has 6 heteroatoms. The predicted molar refractivity (Wildman–Crippen MR) is 76.8 cm³/mol. The maximum absolute atomic E-state index is 12.4. The van der Waals surface area contributed by atoms with Crippen molar-refractivity contribution in [2.75, 3.05) is 19.7 Å². The summed E-state index contributed by atoms with van der Waals surface area (Å²) in [6, 6.07) is 0. The fraction of sp³-hybridized carbons (Fsp3) is 0.800. The highest BCUT2D eigenvalue weighted by Gasteiger charge is 2.49. The van der Waals surface area contributed by atoms with Crippen LogP contribution in [-0.2, 0) is 19.1 Å². The van der Waals surface area contributed by atoms with E-state index in [-0.39, 0.29) is 25.4 Å². The molecule has 0 spiro atoms. The Morgan fingerprint density at radius 1 is 1.29 bits per heavy atom. The summed E-state index contributed by atoms with van der Waals surface area (Å²) in [5.74, 6) is -0.762. The molecule has 1 saturated heterocycles. The molecule has 21 heavy (non-hydrogen) atoms. The molecule has 0 aromatic rings. The van der Waals surface area contributed by atoms with Gasteiger partial charge < -0.3 is 14.4 Å². The number of carbonyl (C=O) groups excluding carboxylic acids is 3. The molecule has 120 valence electrons. The SMILES string of the molecule is CCOC(=O)C1(CC)CCN(C(=O)OC(C)(C)C)CC1=O. The topological polar surface area (TPSA) is 72.9 Å². The molecule has 0 saturated carbocycles. The number of ether oxygens (including phenoxy) is 2. The molecule has 0 aromatic heterocycles. The minimum Gasteiger partial charge on any atom is -0.465 e. The van der Waals surface area contributed by atoms with E-state index in [1.165, 1.54) is 4.90 Å². The molecule has 1 atom stereocenters. The molecule has 1 fully saturated rings. The number of carbonyl (C=O) groups is 3. The van der Waals surface area contributed by atoms with Gasteiger partial charge >= 0.3 is 12.1 Å². The number of hydrogen-bond donors (Lipinski definition) is 0. The van der Waals surface area contributed by atoms with Gasteiger partial charge in [-0.15, -0.1) is 0 Å². The minimum absolute atomic E-state index is 0.110. The van der Waals surface area contributed by atoms with Crippen molar-refractivity contribution in [3.8, 4) is 0 Å². The molecule has 0 aromatic carbocycles. The Balaban J connectivity index is 2.79. The van der Waals surface area contributed by atoms with E-state index < -0.39 is 23.1 Å².